The molecule has 4 rings (SSSR count). The van der Waals surface area contributed by atoms with E-state index in [0.29, 0.717) is 9.23 Å². The normalized spacial score (nSPS) is 15.8. The number of benzene rings is 1. The maximum Gasteiger partial charge on any atom is 0.263 e. The van der Waals surface area contributed by atoms with Crippen molar-refractivity contribution in [3.8, 4) is 11.3 Å². The minimum atomic E-state index is -0.171. The van der Waals surface area contributed by atoms with Crippen LogP contribution >= 0.6 is 24.0 Å². The molecule has 0 saturated carbocycles. The van der Waals surface area contributed by atoms with E-state index in [1.54, 1.807) is 12.3 Å². The molecular weight excluding hydrogens is 350 g/mol. The van der Waals surface area contributed by atoms with E-state index in [-0.39, 0.29) is 5.91 Å². The first-order valence-corrected chi connectivity index (χ1v) is 8.90. The lowest BCUT2D eigenvalue weighted by Gasteiger charge is -2.08. The van der Waals surface area contributed by atoms with Crippen molar-refractivity contribution in [1.82, 2.24) is 15.3 Å². The van der Waals surface area contributed by atoms with Gasteiger partial charge in [-0.3, -0.25) is 9.78 Å². The third-order valence-corrected chi connectivity index (χ3v) is 5.08. The monoisotopic (exact) mass is 363 g/mol. The summed E-state index contributed by atoms with van der Waals surface area (Å²) in [5, 5.41) is 3.69. The molecule has 1 saturated heterocycles. The molecule has 1 aromatic carbocycles. The highest BCUT2D eigenvalue weighted by Crippen LogP contribution is 2.28. The second-order valence-electron chi connectivity index (χ2n) is 5.66. The lowest BCUT2D eigenvalue weighted by molar-refractivity contribution is -0.115. The van der Waals surface area contributed by atoms with Crippen LogP contribution in [0.1, 0.15) is 11.3 Å². The summed E-state index contributed by atoms with van der Waals surface area (Å²) in [7, 11) is 0. The molecule has 122 valence electrons. The van der Waals surface area contributed by atoms with Gasteiger partial charge in [-0.2, -0.15) is 0 Å². The van der Waals surface area contributed by atoms with Crippen molar-refractivity contribution in [2.75, 3.05) is 0 Å². The van der Waals surface area contributed by atoms with E-state index in [4.69, 9.17) is 17.2 Å². The number of aromatic nitrogens is 2. The summed E-state index contributed by atoms with van der Waals surface area (Å²) in [6, 6.07) is 13.9. The van der Waals surface area contributed by atoms with Crippen LogP contribution in [0.3, 0.4) is 0 Å². The molecule has 1 aliphatic heterocycles. The molecule has 4 nitrogen and oxygen atoms in total. The highest BCUT2D eigenvalue weighted by molar-refractivity contribution is 8.26. The van der Waals surface area contributed by atoms with Gasteiger partial charge in [-0.25, -0.2) is 4.98 Å². The number of rotatable bonds is 2. The number of aryl methyl sites for hydroxylation is 1. The number of hydrogen-bond acceptors (Lipinski definition) is 5. The van der Waals surface area contributed by atoms with Crippen LogP contribution in [0.5, 0.6) is 0 Å². The largest absolute Gasteiger partial charge is 0.307 e. The molecule has 1 amide bonds. The lowest BCUT2D eigenvalue weighted by atomic mass is 10.0. The van der Waals surface area contributed by atoms with Gasteiger partial charge in [0, 0.05) is 17.1 Å². The van der Waals surface area contributed by atoms with Gasteiger partial charge in [-0.15, -0.1) is 0 Å². The highest BCUT2D eigenvalue weighted by Gasteiger charge is 2.22. The predicted octanol–water partition coefficient (Wildman–Crippen LogP) is 4.09. The number of thiocarbonyl (C=S) groups is 1. The number of nitrogens with one attached hydrogen (secondary N) is 1. The van der Waals surface area contributed by atoms with Crippen LogP contribution in [-0.4, -0.2) is 20.2 Å². The molecule has 1 aliphatic rings. The number of fused-ring (bicyclic) bond motifs is 1. The Kier molecular flexibility index (Phi) is 4.07. The molecular formula is C19H13N3OS2. The Labute approximate surface area is 154 Å². The topological polar surface area (TPSA) is 54.9 Å². The number of carbonyl (C=O) groups excluding carboxylic acids is 1. The van der Waals surface area contributed by atoms with Gasteiger partial charge in [0.15, 0.2) is 0 Å². The standard InChI is InChI=1S/C19H13N3OS2/c1-11-8-16-12(4-3-7-20-16)9-14(11)15-6-2-5-13(21-15)10-17-18(23)22-19(24)25-17/h2-10H,1H3,(H,22,23,24). The lowest BCUT2D eigenvalue weighted by Crippen LogP contribution is -2.17. The second kappa shape index (κ2) is 6.38. The highest BCUT2D eigenvalue weighted by atomic mass is 32.2. The van der Waals surface area contributed by atoms with Crippen molar-refractivity contribution in [2.24, 2.45) is 0 Å². The summed E-state index contributed by atoms with van der Waals surface area (Å²) in [6.45, 7) is 2.05. The van der Waals surface area contributed by atoms with Crippen LogP contribution < -0.4 is 5.32 Å². The van der Waals surface area contributed by atoms with E-state index in [1.165, 1.54) is 11.8 Å². The van der Waals surface area contributed by atoms with Gasteiger partial charge in [0.2, 0.25) is 0 Å². The van der Waals surface area contributed by atoms with E-state index in [0.717, 1.165) is 33.4 Å². The Morgan fingerprint density at radius 2 is 2.08 bits per heavy atom. The van der Waals surface area contributed by atoms with Gasteiger partial charge in [-0.05, 0) is 48.9 Å². The molecule has 0 spiro atoms. The zero-order valence-electron chi connectivity index (χ0n) is 13.3. The molecule has 0 atom stereocenters. The summed E-state index contributed by atoms with van der Waals surface area (Å²) in [4.78, 5) is 21.5. The molecule has 2 aromatic heterocycles. The minimum Gasteiger partial charge on any atom is -0.307 e. The molecule has 0 bridgehead atoms. The Balaban J connectivity index is 1.77. The summed E-state index contributed by atoms with van der Waals surface area (Å²) >= 11 is 6.28. The number of hydrogen-bond donors (Lipinski definition) is 1. The van der Waals surface area contributed by atoms with Gasteiger partial charge in [0.1, 0.15) is 4.32 Å². The van der Waals surface area contributed by atoms with Crippen molar-refractivity contribution in [1.29, 1.82) is 0 Å². The molecule has 25 heavy (non-hydrogen) atoms. The summed E-state index contributed by atoms with van der Waals surface area (Å²) in [5.74, 6) is -0.171. The van der Waals surface area contributed by atoms with Crippen LogP contribution in [0, 0.1) is 6.92 Å². The third kappa shape index (κ3) is 3.18. The fraction of sp³-hybridized carbons (Fsp3) is 0.0526. The van der Waals surface area contributed by atoms with Crippen LogP contribution in [0.15, 0.2) is 53.6 Å². The fourth-order valence-electron chi connectivity index (χ4n) is 2.74. The average Bonchev–Trinajstić information content (AvgIpc) is 2.91. The quantitative estimate of drug-likeness (QED) is 0.549. The molecule has 3 heterocycles. The number of nitrogens with zero attached hydrogens (tertiary/aromatic N) is 2. The van der Waals surface area contributed by atoms with E-state index in [2.05, 4.69) is 29.4 Å². The maximum atomic E-state index is 11.8. The fourth-order valence-corrected chi connectivity index (χ4v) is 3.77. The zero-order chi connectivity index (χ0) is 17.4. The SMILES string of the molecule is Cc1cc2ncccc2cc1-c1cccc(C=C2SC(=S)NC2=O)n1. The van der Waals surface area contributed by atoms with Crippen molar-refractivity contribution >= 4 is 51.2 Å². The molecule has 1 fully saturated rings. The van der Waals surface area contributed by atoms with E-state index in [9.17, 15) is 4.79 Å². The first-order chi connectivity index (χ1) is 12.1. The van der Waals surface area contributed by atoms with E-state index >= 15 is 0 Å². The van der Waals surface area contributed by atoms with E-state index in [1.807, 2.05) is 30.3 Å². The van der Waals surface area contributed by atoms with Gasteiger partial charge in [0.25, 0.3) is 5.91 Å². The molecule has 6 heteroatoms. The zero-order valence-corrected chi connectivity index (χ0v) is 14.9. The number of thioether (sulfide) groups is 1. The second-order valence-corrected chi connectivity index (χ2v) is 7.38. The van der Waals surface area contributed by atoms with Crippen molar-refractivity contribution in [3.05, 3.63) is 64.8 Å². The van der Waals surface area contributed by atoms with Crippen molar-refractivity contribution in [3.63, 3.8) is 0 Å². The van der Waals surface area contributed by atoms with Gasteiger partial charge in [0.05, 0.1) is 21.8 Å². The molecule has 1 N–H and O–H groups in total. The van der Waals surface area contributed by atoms with Crippen molar-refractivity contribution in [2.45, 2.75) is 6.92 Å². The Bertz CT molecular complexity index is 1060. The first kappa shape index (κ1) is 15.9. The maximum absolute atomic E-state index is 11.8. The van der Waals surface area contributed by atoms with Gasteiger partial charge in [-0.1, -0.05) is 36.1 Å². The first-order valence-electron chi connectivity index (χ1n) is 7.68. The van der Waals surface area contributed by atoms with Gasteiger partial charge >= 0.3 is 0 Å². The predicted molar refractivity (Wildman–Crippen MR) is 106 cm³/mol. The Morgan fingerprint density at radius 1 is 1.20 bits per heavy atom. The van der Waals surface area contributed by atoms with Crippen molar-refractivity contribution < 1.29 is 4.79 Å². The molecule has 0 aliphatic carbocycles. The smallest absolute Gasteiger partial charge is 0.263 e. The van der Waals surface area contributed by atoms with Crippen LogP contribution in [0.4, 0.5) is 0 Å². The van der Waals surface area contributed by atoms with Crippen LogP contribution in [0.2, 0.25) is 0 Å². The van der Waals surface area contributed by atoms with Crippen LogP contribution in [0.25, 0.3) is 28.2 Å². The molecule has 3 aromatic rings. The summed E-state index contributed by atoms with van der Waals surface area (Å²) in [6.07, 6.45) is 3.56. The molecule has 0 radical (unpaired) electrons. The molecule has 0 unspecified atom stereocenters. The summed E-state index contributed by atoms with van der Waals surface area (Å²) in [5.41, 5.74) is 4.72. The Morgan fingerprint density at radius 3 is 2.88 bits per heavy atom. The average molecular weight is 363 g/mol. The van der Waals surface area contributed by atoms with Crippen LogP contribution in [-0.2, 0) is 4.79 Å². The third-order valence-electron chi connectivity index (χ3n) is 3.92. The van der Waals surface area contributed by atoms with Gasteiger partial charge < -0.3 is 5.32 Å². The number of pyridine rings is 2. The number of amides is 1. The number of carbonyl (C=O) groups is 1. The summed E-state index contributed by atoms with van der Waals surface area (Å²) < 4.78 is 0.477. The Hall–Kier alpha value is -2.57. The minimum absolute atomic E-state index is 0.171. The van der Waals surface area contributed by atoms with E-state index < -0.39 is 0 Å².